The van der Waals surface area contributed by atoms with Crippen LogP contribution in [0.4, 0.5) is 0 Å². The molecule has 0 spiro atoms. The second-order valence-corrected chi connectivity index (χ2v) is 6.92. The Kier molecular flexibility index (Phi) is 15.4. The van der Waals surface area contributed by atoms with E-state index in [0.29, 0.717) is 12.2 Å². The Bertz CT molecular complexity index is 299. The minimum absolute atomic E-state index is 0.271. The molecule has 0 radical (unpaired) electrons. The molecule has 1 N–H and O–H groups in total. The van der Waals surface area contributed by atoms with Gasteiger partial charge in [0.2, 0.25) is 0 Å². The molecule has 3 heteroatoms. The van der Waals surface area contributed by atoms with Crippen molar-refractivity contribution in [3.63, 3.8) is 0 Å². The summed E-state index contributed by atoms with van der Waals surface area (Å²) in [5.41, 5.74) is 0. The molecule has 0 fully saturated rings. The van der Waals surface area contributed by atoms with E-state index in [1.807, 2.05) is 0 Å². The van der Waals surface area contributed by atoms with E-state index in [0.717, 1.165) is 38.5 Å². The van der Waals surface area contributed by atoms with Gasteiger partial charge >= 0.3 is 5.97 Å². The Hall–Kier alpha value is -0.860. The molecule has 0 aromatic rings. The molecule has 0 aliphatic heterocycles. The lowest BCUT2D eigenvalue weighted by atomic mass is 9.91. The van der Waals surface area contributed by atoms with Crippen LogP contribution in [0.3, 0.4) is 0 Å². The molecule has 0 amide bonds. The molecule has 0 aromatic heterocycles. The zero-order chi connectivity index (χ0) is 17.3. The van der Waals surface area contributed by atoms with Gasteiger partial charge in [0.05, 0.1) is 0 Å². The van der Waals surface area contributed by atoms with Gasteiger partial charge in [-0.3, -0.25) is 9.59 Å². The Labute approximate surface area is 143 Å². The summed E-state index contributed by atoms with van der Waals surface area (Å²) in [7, 11) is 0. The minimum Gasteiger partial charge on any atom is -0.481 e. The van der Waals surface area contributed by atoms with E-state index in [-0.39, 0.29) is 5.92 Å². The van der Waals surface area contributed by atoms with Gasteiger partial charge in [0, 0.05) is 12.3 Å². The summed E-state index contributed by atoms with van der Waals surface area (Å²) >= 11 is 0. The molecule has 0 rings (SSSR count). The van der Waals surface area contributed by atoms with Gasteiger partial charge < -0.3 is 5.11 Å². The molecule has 136 valence electrons. The molecule has 1 atom stereocenters. The number of Topliss-reactive ketones (excluding diaryl/α,β-unsaturated/α-hetero) is 1. The standard InChI is InChI=1S/C20H38O3/c1-3-4-5-6-9-12-15-19(18(2)21)16-13-10-7-8-11-14-17-20(22)23/h19H,3-17H2,1-2H3,(H,22,23). The van der Waals surface area contributed by atoms with Crippen molar-refractivity contribution in [1.29, 1.82) is 0 Å². The lowest BCUT2D eigenvalue weighted by Crippen LogP contribution is -2.10. The number of hydrogen-bond donors (Lipinski definition) is 1. The molecule has 0 heterocycles. The van der Waals surface area contributed by atoms with Crippen LogP contribution in [0.1, 0.15) is 110 Å². The van der Waals surface area contributed by atoms with Crippen molar-refractivity contribution in [2.75, 3.05) is 0 Å². The maximum absolute atomic E-state index is 11.7. The Morgan fingerprint density at radius 1 is 0.739 bits per heavy atom. The summed E-state index contributed by atoms with van der Waals surface area (Å²) in [6.07, 6.45) is 16.6. The van der Waals surface area contributed by atoms with Crippen molar-refractivity contribution in [1.82, 2.24) is 0 Å². The van der Waals surface area contributed by atoms with Crippen molar-refractivity contribution >= 4 is 11.8 Å². The maximum Gasteiger partial charge on any atom is 0.303 e. The fraction of sp³-hybridized carbons (Fsp3) is 0.900. The molecule has 0 aliphatic carbocycles. The molecule has 0 saturated carbocycles. The Balaban J connectivity index is 3.53. The van der Waals surface area contributed by atoms with Crippen molar-refractivity contribution in [3.05, 3.63) is 0 Å². The highest BCUT2D eigenvalue weighted by Crippen LogP contribution is 2.20. The highest BCUT2D eigenvalue weighted by molar-refractivity contribution is 5.78. The number of carbonyl (C=O) groups excluding carboxylic acids is 1. The molecule has 0 aliphatic rings. The SMILES string of the molecule is CCCCCCCCC(CCCCCCCCC(=O)O)C(C)=O. The third kappa shape index (κ3) is 15.8. The molecular formula is C20H38O3. The number of carboxylic acid groups (broad SMARTS) is 1. The van der Waals surface area contributed by atoms with E-state index in [1.165, 1.54) is 51.4 Å². The maximum atomic E-state index is 11.7. The second-order valence-electron chi connectivity index (χ2n) is 6.92. The highest BCUT2D eigenvalue weighted by atomic mass is 16.4. The van der Waals surface area contributed by atoms with Crippen LogP contribution in [-0.4, -0.2) is 16.9 Å². The molecule has 1 unspecified atom stereocenters. The minimum atomic E-state index is -0.691. The van der Waals surface area contributed by atoms with Crippen LogP contribution in [0, 0.1) is 5.92 Å². The number of hydrogen-bond acceptors (Lipinski definition) is 2. The van der Waals surface area contributed by atoms with Crippen molar-refractivity contribution in [2.45, 2.75) is 110 Å². The van der Waals surface area contributed by atoms with Crippen molar-refractivity contribution in [2.24, 2.45) is 5.92 Å². The zero-order valence-electron chi connectivity index (χ0n) is 15.4. The number of unbranched alkanes of at least 4 members (excludes halogenated alkanes) is 10. The van der Waals surface area contributed by atoms with Gasteiger partial charge in [-0.2, -0.15) is 0 Å². The molecule has 0 bridgehead atoms. The lowest BCUT2D eigenvalue weighted by Gasteiger charge is -2.13. The number of rotatable bonds is 17. The summed E-state index contributed by atoms with van der Waals surface area (Å²) in [4.78, 5) is 22.1. The van der Waals surface area contributed by atoms with Gasteiger partial charge in [-0.05, 0) is 26.2 Å². The van der Waals surface area contributed by atoms with E-state index in [4.69, 9.17) is 5.11 Å². The molecule has 3 nitrogen and oxygen atoms in total. The Morgan fingerprint density at radius 2 is 1.17 bits per heavy atom. The largest absolute Gasteiger partial charge is 0.481 e. The number of aliphatic carboxylic acids is 1. The summed E-state index contributed by atoms with van der Waals surface area (Å²) in [5.74, 6) is -0.0582. The van der Waals surface area contributed by atoms with Crippen LogP contribution in [0.5, 0.6) is 0 Å². The van der Waals surface area contributed by atoms with Gasteiger partial charge in [-0.25, -0.2) is 0 Å². The van der Waals surface area contributed by atoms with Crippen LogP contribution < -0.4 is 0 Å². The predicted octanol–water partition coefficient (Wildman–Crippen LogP) is 6.15. The second kappa shape index (κ2) is 16.0. The van der Waals surface area contributed by atoms with Gasteiger partial charge in [-0.1, -0.05) is 77.6 Å². The third-order valence-electron chi connectivity index (χ3n) is 4.67. The normalized spacial score (nSPS) is 12.3. The number of carbonyl (C=O) groups is 2. The van der Waals surface area contributed by atoms with Crippen LogP contribution in [0.25, 0.3) is 0 Å². The number of ketones is 1. The van der Waals surface area contributed by atoms with E-state index in [9.17, 15) is 9.59 Å². The van der Waals surface area contributed by atoms with Crippen LogP contribution in [-0.2, 0) is 9.59 Å². The number of carboxylic acids is 1. The first-order valence-corrected chi connectivity index (χ1v) is 9.80. The first-order valence-electron chi connectivity index (χ1n) is 9.80. The van der Waals surface area contributed by atoms with Gasteiger partial charge in [0.25, 0.3) is 0 Å². The van der Waals surface area contributed by atoms with Crippen LogP contribution >= 0.6 is 0 Å². The van der Waals surface area contributed by atoms with Crippen molar-refractivity contribution in [3.8, 4) is 0 Å². The third-order valence-corrected chi connectivity index (χ3v) is 4.67. The molecular weight excluding hydrogens is 288 g/mol. The van der Waals surface area contributed by atoms with E-state index in [1.54, 1.807) is 6.92 Å². The van der Waals surface area contributed by atoms with Crippen LogP contribution in [0.15, 0.2) is 0 Å². The van der Waals surface area contributed by atoms with E-state index < -0.39 is 5.97 Å². The average molecular weight is 327 g/mol. The van der Waals surface area contributed by atoms with Crippen molar-refractivity contribution < 1.29 is 14.7 Å². The van der Waals surface area contributed by atoms with E-state index >= 15 is 0 Å². The fourth-order valence-electron chi connectivity index (χ4n) is 3.10. The van der Waals surface area contributed by atoms with Crippen LogP contribution in [0.2, 0.25) is 0 Å². The average Bonchev–Trinajstić information content (AvgIpc) is 2.50. The highest BCUT2D eigenvalue weighted by Gasteiger charge is 2.13. The topological polar surface area (TPSA) is 54.4 Å². The predicted molar refractivity (Wildman–Crippen MR) is 96.7 cm³/mol. The monoisotopic (exact) mass is 326 g/mol. The zero-order valence-corrected chi connectivity index (χ0v) is 15.4. The first kappa shape index (κ1) is 22.1. The molecule has 0 saturated heterocycles. The Morgan fingerprint density at radius 3 is 1.61 bits per heavy atom. The summed E-state index contributed by atoms with van der Waals surface area (Å²) in [6.45, 7) is 3.98. The van der Waals surface area contributed by atoms with E-state index in [2.05, 4.69) is 6.92 Å². The summed E-state index contributed by atoms with van der Waals surface area (Å²) in [5, 5.41) is 8.57. The first-order chi connectivity index (χ1) is 11.1. The summed E-state index contributed by atoms with van der Waals surface area (Å²) in [6, 6.07) is 0. The van der Waals surface area contributed by atoms with Gasteiger partial charge in [0.15, 0.2) is 0 Å². The molecule has 0 aromatic carbocycles. The molecule has 23 heavy (non-hydrogen) atoms. The van der Waals surface area contributed by atoms with Gasteiger partial charge in [-0.15, -0.1) is 0 Å². The summed E-state index contributed by atoms with van der Waals surface area (Å²) < 4.78 is 0. The van der Waals surface area contributed by atoms with Gasteiger partial charge in [0.1, 0.15) is 5.78 Å². The smallest absolute Gasteiger partial charge is 0.303 e. The quantitative estimate of drug-likeness (QED) is 0.326. The lowest BCUT2D eigenvalue weighted by molar-refractivity contribution is -0.137. The fourth-order valence-corrected chi connectivity index (χ4v) is 3.10.